The number of fused-ring (bicyclic) bond motifs is 5. The number of aliphatic hydroxyl groups excluding tert-OH is 2. The predicted molar refractivity (Wildman–Crippen MR) is 257 cm³/mol. The summed E-state index contributed by atoms with van der Waals surface area (Å²) < 4.78 is 67.8. The molecule has 1 aromatic rings. The quantitative estimate of drug-likeness (QED) is 0.0974. The summed E-state index contributed by atoms with van der Waals surface area (Å²) in [6.45, 7) is 14.2. The molecule has 18 heteroatoms. The van der Waals surface area contributed by atoms with Gasteiger partial charge in [0, 0.05) is 45.7 Å². The fraction of sp³-hybridized carbons (Fsp3) is 0.778. The topological polar surface area (TPSA) is 237 Å². The van der Waals surface area contributed by atoms with Gasteiger partial charge in [-0.1, -0.05) is 49.8 Å². The summed E-state index contributed by atoms with van der Waals surface area (Å²) in [5.41, 5.74) is -6.21. The molecule has 0 amide bonds. The minimum atomic E-state index is -1.97. The molecule has 404 valence electrons. The average Bonchev–Trinajstić information content (AvgIpc) is 3.59. The van der Waals surface area contributed by atoms with Crippen molar-refractivity contribution in [2.45, 2.75) is 228 Å². The van der Waals surface area contributed by atoms with Gasteiger partial charge in [0.05, 0.1) is 47.6 Å². The lowest BCUT2D eigenvalue weighted by molar-refractivity contribution is -0.352. The van der Waals surface area contributed by atoms with E-state index in [1.165, 1.54) is 7.11 Å². The van der Waals surface area contributed by atoms with Crippen LogP contribution in [0.4, 0.5) is 0 Å². The first kappa shape index (κ1) is 55.3. The Bertz CT molecular complexity index is 2140. The van der Waals surface area contributed by atoms with Gasteiger partial charge in [-0.25, -0.2) is 9.59 Å². The molecule has 18 nitrogen and oxygen atoms in total. The Hall–Kier alpha value is -2.92. The number of carbonyl (C=O) groups excluding carboxylic acids is 2. The van der Waals surface area contributed by atoms with Crippen LogP contribution < -0.4 is 0 Å². The highest BCUT2D eigenvalue weighted by atomic mass is 16.8. The lowest BCUT2D eigenvalue weighted by Gasteiger charge is -2.67. The maximum Gasteiger partial charge on any atom is 0.338 e. The molecule has 0 radical (unpaired) electrons. The summed E-state index contributed by atoms with van der Waals surface area (Å²) in [7, 11) is 4.61. The van der Waals surface area contributed by atoms with Crippen LogP contribution in [0.1, 0.15) is 124 Å². The minimum absolute atomic E-state index is 0.0212. The van der Waals surface area contributed by atoms with Gasteiger partial charge < -0.3 is 77.6 Å². The molecule has 0 bridgehead atoms. The zero-order chi connectivity index (χ0) is 52.3. The van der Waals surface area contributed by atoms with Crippen LogP contribution in [0.2, 0.25) is 0 Å². The first-order chi connectivity index (χ1) is 34.0. The number of ether oxygens (including phenoxy) is 11. The van der Waals surface area contributed by atoms with Gasteiger partial charge >= 0.3 is 11.9 Å². The van der Waals surface area contributed by atoms with Crippen LogP contribution in [-0.4, -0.2) is 174 Å². The van der Waals surface area contributed by atoms with Crippen molar-refractivity contribution >= 4 is 11.9 Å². The summed E-state index contributed by atoms with van der Waals surface area (Å²) in [6.07, 6.45) is -5.60. The smallest absolute Gasteiger partial charge is 0.338 e. The summed E-state index contributed by atoms with van der Waals surface area (Å²) in [4.78, 5) is 27.1. The van der Waals surface area contributed by atoms with Crippen LogP contribution in [-0.2, 0) is 56.9 Å². The molecule has 6 fully saturated rings. The van der Waals surface area contributed by atoms with Crippen molar-refractivity contribution in [2.75, 3.05) is 21.3 Å². The van der Waals surface area contributed by atoms with Crippen molar-refractivity contribution in [1.29, 1.82) is 0 Å². The van der Waals surface area contributed by atoms with Crippen LogP contribution >= 0.6 is 0 Å². The van der Waals surface area contributed by atoms with Crippen LogP contribution in [0.25, 0.3) is 0 Å². The van der Waals surface area contributed by atoms with Crippen molar-refractivity contribution in [3.63, 3.8) is 0 Å². The van der Waals surface area contributed by atoms with Gasteiger partial charge in [-0.15, -0.1) is 0 Å². The first-order valence-corrected chi connectivity index (χ1v) is 25.9. The van der Waals surface area contributed by atoms with Crippen molar-refractivity contribution in [2.24, 2.45) is 16.7 Å². The van der Waals surface area contributed by atoms with E-state index in [0.717, 1.165) is 5.57 Å². The SMILES string of the molecule is CC=C(C)C(=O)OC1CC2C3(C)CCC(OC4CC(OC)C(OC5CC(OC)C(OC6OC(C)C(O)C(OC)C6O)C(C)O5)C(C)O4)CC3=CCC2(O)C2(O)CCC(O)(C(C)OC(=O)c3ccccc3)C12C. The molecular weight excluding hydrogens is 937 g/mol. The lowest BCUT2D eigenvalue weighted by Crippen LogP contribution is -2.78. The zero-order valence-corrected chi connectivity index (χ0v) is 43.8. The van der Waals surface area contributed by atoms with E-state index in [0.29, 0.717) is 43.2 Å². The summed E-state index contributed by atoms with van der Waals surface area (Å²) >= 11 is 0. The van der Waals surface area contributed by atoms with Gasteiger partial charge in [0.15, 0.2) is 18.9 Å². The van der Waals surface area contributed by atoms with Gasteiger partial charge in [0.2, 0.25) is 0 Å². The number of hydrogen-bond donors (Lipinski definition) is 5. The minimum Gasteiger partial charge on any atom is -0.458 e. The molecule has 3 saturated heterocycles. The fourth-order valence-corrected chi connectivity index (χ4v) is 13.8. The number of allylic oxidation sites excluding steroid dienone is 1. The number of methoxy groups -OCH3 is 3. The number of rotatable bonds is 14. The fourth-order valence-electron chi connectivity index (χ4n) is 13.8. The van der Waals surface area contributed by atoms with Gasteiger partial charge in [-0.05, 0) is 104 Å². The summed E-state index contributed by atoms with van der Waals surface area (Å²) in [5.74, 6) is -1.83. The molecule has 3 heterocycles. The third-order valence-corrected chi connectivity index (χ3v) is 18.4. The highest BCUT2D eigenvalue weighted by Gasteiger charge is 2.81. The number of hydrogen-bond acceptors (Lipinski definition) is 18. The van der Waals surface area contributed by atoms with Gasteiger partial charge in [-0.2, -0.15) is 0 Å². The maximum atomic E-state index is 13.7. The van der Waals surface area contributed by atoms with Crippen molar-refractivity contribution in [3.05, 3.63) is 59.2 Å². The molecule has 4 aliphatic carbocycles. The standard InChI is InChI=1S/C54H80O18/c1-12-28(2)47(57)70-39-27-38-50(7)20-19-35(24-34(50)18-21-53(38,60)54(61)23-22-52(59,51(39,54)8)32(6)68-48(58)33-16-14-13-15-17-33)69-40-25-36(62-9)44(30(4)65-40)71-41-26-37(63-10)45(31(5)66-41)72-49-43(56)46(64-11)42(55)29(3)67-49/h12-18,29-32,35-46,49,55-56,59-61H,19-27H2,1-11H3. The molecule has 7 aliphatic rings. The average molecular weight is 1020 g/mol. The van der Waals surface area contributed by atoms with Crippen molar-refractivity contribution in [1.82, 2.24) is 0 Å². The number of carbonyl (C=O) groups is 2. The second kappa shape index (κ2) is 21.2. The molecule has 22 atom stereocenters. The Kier molecular flexibility index (Phi) is 16.3. The van der Waals surface area contributed by atoms with Crippen LogP contribution in [0.5, 0.6) is 0 Å². The van der Waals surface area contributed by atoms with E-state index >= 15 is 0 Å². The number of benzene rings is 1. The van der Waals surface area contributed by atoms with Gasteiger partial charge in [-0.3, -0.25) is 0 Å². The second-order valence-electron chi connectivity index (χ2n) is 22.0. The highest BCUT2D eigenvalue weighted by Crippen LogP contribution is 2.71. The lowest BCUT2D eigenvalue weighted by atomic mass is 9.42. The molecule has 0 spiro atoms. The molecule has 3 saturated carbocycles. The molecule has 0 aromatic heterocycles. The van der Waals surface area contributed by atoms with Crippen LogP contribution in [0.15, 0.2) is 53.6 Å². The van der Waals surface area contributed by atoms with Gasteiger partial charge in [0.25, 0.3) is 0 Å². The van der Waals surface area contributed by atoms with E-state index in [4.69, 9.17) is 52.1 Å². The van der Waals surface area contributed by atoms with Crippen molar-refractivity contribution in [3.8, 4) is 0 Å². The van der Waals surface area contributed by atoms with Crippen LogP contribution in [0.3, 0.4) is 0 Å². The van der Waals surface area contributed by atoms with E-state index in [9.17, 15) is 35.1 Å². The van der Waals surface area contributed by atoms with E-state index in [1.807, 2.05) is 19.9 Å². The second-order valence-corrected chi connectivity index (χ2v) is 22.0. The Balaban J connectivity index is 0.941. The summed E-state index contributed by atoms with van der Waals surface area (Å²) in [6, 6.07) is 8.46. The molecule has 8 rings (SSSR count). The van der Waals surface area contributed by atoms with Gasteiger partial charge in [0.1, 0.15) is 59.5 Å². The third-order valence-electron chi connectivity index (χ3n) is 18.4. The molecule has 22 unspecified atom stereocenters. The van der Waals surface area contributed by atoms with E-state index < -0.39 is 138 Å². The van der Waals surface area contributed by atoms with E-state index in [2.05, 4.69) is 6.92 Å². The van der Waals surface area contributed by atoms with E-state index in [-0.39, 0.29) is 31.8 Å². The zero-order valence-electron chi connectivity index (χ0n) is 43.8. The Labute approximate surface area is 423 Å². The number of esters is 2. The molecular formula is C54H80O18. The van der Waals surface area contributed by atoms with Crippen LogP contribution in [0, 0.1) is 16.7 Å². The molecule has 5 N–H and O–H groups in total. The largest absolute Gasteiger partial charge is 0.458 e. The molecule has 3 aliphatic heterocycles. The van der Waals surface area contributed by atoms with Crippen molar-refractivity contribution < 1.29 is 87.2 Å². The van der Waals surface area contributed by atoms with E-state index in [1.54, 1.807) is 85.2 Å². The first-order valence-electron chi connectivity index (χ1n) is 25.9. The maximum absolute atomic E-state index is 13.7. The predicted octanol–water partition coefficient (Wildman–Crippen LogP) is 4.58. The monoisotopic (exact) mass is 1020 g/mol. The number of aliphatic hydroxyl groups is 5. The Morgan fingerprint density at radius 1 is 0.778 bits per heavy atom. The Morgan fingerprint density at radius 3 is 2.01 bits per heavy atom. The molecule has 72 heavy (non-hydrogen) atoms. The highest BCUT2D eigenvalue weighted by molar-refractivity contribution is 5.89. The molecule has 1 aromatic carbocycles. The normalized spacial score (nSPS) is 46.8. The summed E-state index contributed by atoms with van der Waals surface area (Å²) in [5, 5.41) is 60.7. The Morgan fingerprint density at radius 2 is 1.40 bits per heavy atom. The third kappa shape index (κ3) is 9.34.